The summed E-state index contributed by atoms with van der Waals surface area (Å²) in [4.78, 5) is 24.4. The number of halogens is 3. The summed E-state index contributed by atoms with van der Waals surface area (Å²) in [6, 6.07) is 4.71. The standard InChI is InChI=1S/C15H15F3N2O2/c16-15(17,18)12-3-1-2-10(8-12)4-5-13(21)20-7-6-11(9-20)14(19)22/h1-5,8,11H,6-7,9H2,(H2,19,22)/b5-4+/t11-/m1/s1. The van der Waals surface area contributed by atoms with Crippen LogP contribution in [0.2, 0.25) is 0 Å². The molecule has 1 aromatic rings. The number of hydrogen-bond acceptors (Lipinski definition) is 2. The van der Waals surface area contributed by atoms with Gasteiger partial charge in [-0.1, -0.05) is 12.1 Å². The number of carbonyl (C=O) groups excluding carboxylic acids is 2. The van der Waals surface area contributed by atoms with Crippen molar-refractivity contribution in [3.63, 3.8) is 0 Å². The van der Waals surface area contributed by atoms with Gasteiger partial charge in [0.2, 0.25) is 11.8 Å². The largest absolute Gasteiger partial charge is 0.416 e. The van der Waals surface area contributed by atoms with Crippen LogP contribution >= 0.6 is 0 Å². The summed E-state index contributed by atoms with van der Waals surface area (Å²) in [5.74, 6) is -1.15. The van der Waals surface area contributed by atoms with Crippen molar-refractivity contribution in [3.8, 4) is 0 Å². The van der Waals surface area contributed by atoms with Crippen molar-refractivity contribution in [2.45, 2.75) is 12.6 Å². The average Bonchev–Trinajstić information content (AvgIpc) is 2.94. The van der Waals surface area contributed by atoms with E-state index in [9.17, 15) is 22.8 Å². The Morgan fingerprint density at radius 1 is 1.32 bits per heavy atom. The number of amides is 2. The summed E-state index contributed by atoms with van der Waals surface area (Å²) in [6.07, 6.45) is -1.37. The number of carbonyl (C=O) groups is 2. The second kappa shape index (κ2) is 6.21. The zero-order valence-electron chi connectivity index (χ0n) is 11.6. The smallest absolute Gasteiger partial charge is 0.369 e. The third-order valence-electron chi connectivity index (χ3n) is 3.53. The minimum atomic E-state index is -4.42. The van der Waals surface area contributed by atoms with E-state index in [1.54, 1.807) is 0 Å². The molecule has 118 valence electrons. The second-order valence-electron chi connectivity index (χ2n) is 5.13. The lowest BCUT2D eigenvalue weighted by Gasteiger charge is -2.13. The zero-order valence-corrected chi connectivity index (χ0v) is 11.6. The third kappa shape index (κ3) is 3.87. The SMILES string of the molecule is NC(=O)[C@@H]1CCN(C(=O)/C=C/c2cccc(C(F)(F)F)c2)C1. The highest BCUT2D eigenvalue weighted by molar-refractivity contribution is 5.92. The van der Waals surface area contributed by atoms with Gasteiger partial charge >= 0.3 is 6.18 Å². The third-order valence-corrected chi connectivity index (χ3v) is 3.53. The number of hydrogen-bond donors (Lipinski definition) is 1. The molecule has 0 spiro atoms. The van der Waals surface area contributed by atoms with Gasteiger partial charge in [-0.15, -0.1) is 0 Å². The molecule has 4 nitrogen and oxygen atoms in total. The molecule has 2 N–H and O–H groups in total. The van der Waals surface area contributed by atoms with Gasteiger partial charge in [0, 0.05) is 19.2 Å². The van der Waals surface area contributed by atoms with Gasteiger partial charge in [-0.2, -0.15) is 13.2 Å². The van der Waals surface area contributed by atoms with E-state index in [1.807, 2.05) is 0 Å². The molecule has 1 aliphatic rings. The first-order chi connectivity index (χ1) is 10.3. The fourth-order valence-corrected chi connectivity index (χ4v) is 2.28. The normalized spacial score (nSPS) is 18.9. The molecular weight excluding hydrogens is 297 g/mol. The first-order valence-corrected chi connectivity index (χ1v) is 6.71. The Hall–Kier alpha value is -2.31. The Labute approximate surface area is 125 Å². The van der Waals surface area contributed by atoms with Crippen LogP contribution in [0.4, 0.5) is 13.2 Å². The fourth-order valence-electron chi connectivity index (χ4n) is 2.28. The number of benzene rings is 1. The monoisotopic (exact) mass is 312 g/mol. The molecular formula is C15H15F3N2O2. The maximum atomic E-state index is 12.6. The lowest BCUT2D eigenvalue weighted by molar-refractivity contribution is -0.137. The van der Waals surface area contributed by atoms with Crippen LogP contribution in [-0.2, 0) is 15.8 Å². The molecule has 0 saturated carbocycles. The van der Waals surface area contributed by atoms with Crippen molar-refractivity contribution in [2.24, 2.45) is 11.7 Å². The molecule has 22 heavy (non-hydrogen) atoms. The molecule has 0 bridgehead atoms. The van der Waals surface area contributed by atoms with Gasteiger partial charge in [0.15, 0.2) is 0 Å². The van der Waals surface area contributed by atoms with E-state index in [0.29, 0.717) is 13.0 Å². The molecule has 2 rings (SSSR count). The van der Waals surface area contributed by atoms with E-state index in [0.717, 1.165) is 12.1 Å². The molecule has 2 amide bonds. The van der Waals surface area contributed by atoms with Gasteiger partial charge in [-0.25, -0.2) is 0 Å². The van der Waals surface area contributed by atoms with E-state index in [1.165, 1.54) is 29.2 Å². The lowest BCUT2D eigenvalue weighted by Crippen LogP contribution is -2.30. The van der Waals surface area contributed by atoms with Crippen molar-refractivity contribution >= 4 is 17.9 Å². The van der Waals surface area contributed by atoms with Gasteiger partial charge < -0.3 is 10.6 Å². The summed E-state index contributed by atoms with van der Waals surface area (Å²) in [5, 5.41) is 0. The van der Waals surface area contributed by atoms with E-state index in [-0.39, 0.29) is 23.9 Å². The van der Waals surface area contributed by atoms with E-state index < -0.39 is 17.6 Å². The maximum Gasteiger partial charge on any atom is 0.416 e. The molecule has 0 aromatic heterocycles. The van der Waals surface area contributed by atoms with Crippen molar-refractivity contribution in [1.29, 1.82) is 0 Å². The van der Waals surface area contributed by atoms with Crippen LogP contribution in [0.25, 0.3) is 6.08 Å². The summed E-state index contributed by atoms with van der Waals surface area (Å²) < 4.78 is 37.8. The van der Waals surface area contributed by atoms with Crippen molar-refractivity contribution in [2.75, 3.05) is 13.1 Å². The number of nitrogens with two attached hydrogens (primary N) is 1. The Kier molecular flexibility index (Phi) is 4.54. The van der Waals surface area contributed by atoms with E-state index in [2.05, 4.69) is 0 Å². The van der Waals surface area contributed by atoms with Crippen molar-refractivity contribution in [1.82, 2.24) is 4.90 Å². The lowest BCUT2D eigenvalue weighted by atomic mass is 10.1. The zero-order chi connectivity index (χ0) is 16.3. The molecule has 1 heterocycles. The Balaban J connectivity index is 2.03. The molecule has 0 aliphatic carbocycles. The highest BCUT2D eigenvalue weighted by atomic mass is 19.4. The highest BCUT2D eigenvalue weighted by Gasteiger charge is 2.30. The number of rotatable bonds is 3. The molecule has 7 heteroatoms. The van der Waals surface area contributed by atoms with Gasteiger partial charge in [-0.3, -0.25) is 9.59 Å². The predicted octanol–water partition coefficient (Wildman–Crippen LogP) is 2.05. The molecule has 1 fully saturated rings. The van der Waals surface area contributed by atoms with Crippen LogP contribution in [0, 0.1) is 5.92 Å². The van der Waals surface area contributed by atoms with Crippen LogP contribution in [-0.4, -0.2) is 29.8 Å². The minimum absolute atomic E-state index is 0.251. The quantitative estimate of drug-likeness (QED) is 0.868. The topological polar surface area (TPSA) is 63.4 Å². The van der Waals surface area contributed by atoms with Crippen LogP contribution < -0.4 is 5.73 Å². The van der Waals surface area contributed by atoms with Crippen LogP contribution in [0.1, 0.15) is 17.5 Å². The maximum absolute atomic E-state index is 12.6. The summed E-state index contributed by atoms with van der Waals surface area (Å²) >= 11 is 0. The van der Waals surface area contributed by atoms with Crippen molar-refractivity contribution < 1.29 is 22.8 Å². The molecule has 1 atom stereocenters. The predicted molar refractivity (Wildman–Crippen MR) is 74.4 cm³/mol. The molecule has 1 saturated heterocycles. The summed E-state index contributed by atoms with van der Waals surface area (Å²) in [6.45, 7) is 0.667. The molecule has 0 unspecified atom stereocenters. The number of alkyl halides is 3. The van der Waals surface area contributed by atoms with E-state index >= 15 is 0 Å². The Morgan fingerprint density at radius 3 is 2.64 bits per heavy atom. The van der Waals surface area contributed by atoms with Crippen LogP contribution in [0.3, 0.4) is 0 Å². The Morgan fingerprint density at radius 2 is 2.05 bits per heavy atom. The number of nitrogens with zero attached hydrogens (tertiary/aromatic N) is 1. The first kappa shape index (κ1) is 16.1. The van der Waals surface area contributed by atoms with Gasteiger partial charge in [-0.05, 0) is 30.2 Å². The molecule has 0 radical (unpaired) electrons. The van der Waals surface area contributed by atoms with Gasteiger partial charge in [0.25, 0.3) is 0 Å². The average molecular weight is 312 g/mol. The fraction of sp³-hybridized carbons (Fsp3) is 0.333. The summed E-state index contributed by atoms with van der Waals surface area (Å²) in [5.41, 5.74) is 4.70. The number of likely N-dealkylation sites (tertiary alicyclic amines) is 1. The van der Waals surface area contributed by atoms with E-state index in [4.69, 9.17) is 5.73 Å². The first-order valence-electron chi connectivity index (χ1n) is 6.71. The highest BCUT2D eigenvalue weighted by Crippen LogP contribution is 2.29. The number of primary amides is 1. The molecule has 1 aliphatic heterocycles. The van der Waals surface area contributed by atoms with Crippen LogP contribution in [0.5, 0.6) is 0 Å². The minimum Gasteiger partial charge on any atom is -0.369 e. The van der Waals surface area contributed by atoms with Crippen LogP contribution in [0.15, 0.2) is 30.3 Å². The van der Waals surface area contributed by atoms with Crippen molar-refractivity contribution in [3.05, 3.63) is 41.5 Å². The second-order valence-corrected chi connectivity index (χ2v) is 5.13. The molecule has 1 aromatic carbocycles. The Bertz CT molecular complexity index is 611. The summed E-state index contributed by atoms with van der Waals surface area (Å²) in [7, 11) is 0. The van der Waals surface area contributed by atoms with Gasteiger partial charge in [0.1, 0.15) is 0 Å². The van der Waals surface area contributed by atoms with Gasteiger partial charge in [0.05, 0.1) is 11.5 Å².